The summed E-state index contributed by atoms with van der Waals surface area (Å²) in [4.78, 5) is 2.43. The Balaban J connectivity index is 1.94. The lowest BCUT2D eigenvalue weighted by molar-refractivity contribution is 0.291. The highest BCUT2D eigenvalue weighted by molar-refractivity contribution is 7.85. The number of hydrogen-bond acceptors (Lipinski definition) is 2. The summed E-state index contributed by atoms with van der Waals surface area (Å²) in [6, 6.07) is 0. The molecule has 0 N–H and O–H groups in total. The van der Waals surface area contributed by atoms with Gasteiger partial charge in [0.1, 0.15) is 0 Å². The molecule has 0 aromatic rings. The summed E-state index contributed by atoms with van der Waals surface area (Å²) in [5.74, 6) is 2.55. The molecule has 0 atom stereocenters. The van der Waals surface area contributed by atoms with Gasteiger partial charge in [-0.25, -0.2) is 0 Å². The van der Waals surface area contributed by atoms with Crippen LogP contribution in [0.5, 0.6) is 0 Å². The Morgan fingerprint density at radius 2 is 1.71 bits per heavy atom. The smallest absolute Gasteiger partial charge is 0.0363 e. The van der Waals surface area contributed by atoms with Crippen LogP contribution in [-0.4, -0.2) is 46.1 Å². The van der Waals surface area contributed by atoms with Crippen molar-refractivity contribution in [3.63, 3.8) is 0 Å². The van der Waals surface area contributed by atoms with Crippen molar-refractivity contribution in [1.29, 1.82) is 0 Å². The minimum absolute atomic E-state index is 0.530. The maximum absolute atomic E-state index is 11.1. The second-order valence-electron chi connectivity index (χ2n) is 3.79. The zero-order chi connectivity index (χ0) is 10.2. The van der Waals surface area contributed by atoms with E-state index in [1.54, 1.807) is 0 Å². The molecule has 0 saturated carbocycles. The molecular formula is C10H20ClNOS. The summed E-state index contributed by atoms with van der Waals surface area (Å²) in [7, 11) is -0.530. The van der Waals surface area contributed by atoms with Crippen molar-refractivity contribution in [2.24, 2.45) is 0 Å². The fourth-order valence-electron chi connectivity index (χ4n) is 1.68. The molecule has 0 radical (unpaired) electrons. The first-order valence-corrected chi connectivity index (χ1v) is 7.48. The lowest BCUT2D eigenvalue weighted by Gasteiger charge is -2.25. The SMILES string of the molecule is O=S1CCN(CCCCCCCl)CC1. The number of hydrogen-bond donors (Lipinski definition) is 0. The van der Waals surface area contributed by atoms with Crippen molar-refractivity contribution in [2.45, 2.75) is 25.7 Å². The highest BCUT2D eigenvalue weighted by atomic mass is 35.5. The highest BCUT2D eigenvalue weighted by Gasteiger charge is 2.13. The number of nitrogens with zero attached hydrogens (tertiary/aromatic N) is 1. The Kier molecular flexibility index (Phi) is 6.82. The van der Waals surface area contributed by atoms with E-state index in [1.807, 2.05) is 0 Å². The second kappa shape index (κ2) is 7.66. The Hall–Kier alpha value is 0.400. The van der Waals surface area contributed by atoms with Crippen molar-refractivity contribution < 1.29 is 4.21 Å². The molecule has 1 rings (SSSR count). The fourth-order valence-corrected chi connectivity index (χ4v) is 3.00. The maximum atomic E-state index is 11.1. The number of rotatable bonds is 6. The predicted molar refractivity (Wildman–Crippen MR) is 63.5 cm³/mol. The summed E-state index contributed by atoms with van der Waals surface area (Å²) in [6.45, 7) is 3.24. The molecule has 1 saturated heterocycles. The Morgan fingerprint density at radius 3 is 2.36 bits per heavy atom. The Morgan fingerprint density at radius 1 is 1.07 bits per heavy atom. The van der Waals surface area contributed by atoms with E-state index in [4.69, 9.17) is 11.6 Å². The molecule has 1 fully saturated rings. The first kappa shape index (κ1) is 12.5. The normalized spacial score (nSPS) is 20.1. The average molecular weight is 238 g/mol. The topological polar surface area (TPSA) is 20.3 Å². The molecule has 2 nitrogen and oxygen atoms in total. The van der Waals surface area contributed by atoms with Gasteiger partial charge in [0.25, 0.3) is 0 Å². The van der Waals surface area contributed by atoms with Gasteiger partial charge in [-0.3, -0.25) is 4.21 Å². The molecule has 0 aromatic carbocycles. The van der Waals surface area contributed by atoms with E-state index in [0.29, 0.717) is 0 Å². The highest BCUT2D eigenvalue weighted by Crippen LogP contribution is 2.05. The van der Waals surface area contributed by atoms with Crippen LogP contribution in [0, 0.1) is 0 Å². The van der Waals surface area contributed by atoms with Crippen LogP contribution in [0.1, 0.15) is 25.7 Å². The third-order valence-electron chi connectivity index (χ3n) is 2.63. The molecule has 0 aromatic heterocycles. The number of unbranched alkanes of at least 4 members (excludes halogenated alkanes) is 3. The lowest BCUT2D eigenvalue weighted by atomic mass is 10.2. The van der Waals surface area contributed by atoms with Gasteiger partial charge in [-0.05, 0) is 19.4 Å². The van der Waals surface area contributed by atoms with Crippen molar-refractivity contribution in [3.05, 3.63) is 0 Å². The standard InChI is InChI=1S/C10H20ClNOS/c11-5-3-1-2-4-6-12-7-9-14(13)10-8-12/h1-10H2. The van der Waals surface area contributed by atoms with Crippen LogP contribution in [0.2, 0.25) is 0 Å². The van der Waals surface area contributed by atoms with E-state index in [0.717, 1.165) is 36.9 Å². The molecule has 0 unspecified atom stereocenters. The molecule has 1 aliphatic heterocycles. The zero-order valence-corrected chi connectivity index (χ0v) is 10.3. The average Bonchev–Trinajstić information content (AvgIpc) is 2.21. The lowest BCUT2D eigenvalue weighted by Crippen LogP contribution is -2.38. The molecule has 0 bridgehead atoms. The van der Waals surface area contributed by atoms with E-state index >= 15 is 0 Å². The molecule has 14 heavy (non-hydrogen) atoms. The van der Waals surface area contributed by atoms with Gasteiger partial charge in [-0.2, -0.15) is 0 Å². The molecule has 0 spiro atoms. The van der Waals surface area contributed by atoms with Gasteiger partial charge in [0, 0.05) is 41.3 Å². The van der Waals surface area contributed by atoms with E-state index in [2.05, 4.69) is 4.90 Å². The van der Waals surface area contributed by atoms with Crippen molar-refractivity contribution >= 4 is 22.4 Å². The van der Waals surface area contributed by atoms with Crippen molar-refractivity contribution in [2.75, 3.05) is 37.0 Å². The summed E-state index contributed by atoms with van der Waals surface area (Å²) < 4.78 is 11.1. The summed E-state index contributed by atoms with van der Waals surface area (Å²) >= 11 is 5.60. The largest absolute Gasteiger partial charge is 0.302 e. The zero-order valence-electron chi connectivity index (χ0n) is 8.71. The molecule has 0 aliphatic carbocycles. The van der Waals surface area contributed by atoms with Crippen LogP contribution in [-0.2, 0) is 10.8 Å². The van der Waals surface area contributed by atoms with Gasteiger partial charge in [-0.1, -0.05) is 12.8 Å². The molecule has 1 heterocycles. The Labute approximate surface area is 94.5 Å². The first-order valence-electron chi connectivity index (χ1n) is 5.46. The van der Waals surface area contributed by atoms with Gasteiger partial charge in [-0.15, -0.1) is 11.6 Å². The monoisotopic (exact) mass is 237 g/mol. The number of alkyl halides is 1. The first-order chi connectivity index (χ1) is 6.83. The van der Waals surface area contributed by atoms with Crippen LogP contribution >= 0.6 is 11.6 Å². The molecule has 1 aliphatic rings. The van der Waals surface area contributed by atoms with Gasteiger partial charge >= 0.3 is 0 Å². The fraction of sp³-hybridized carbons (Fsp3) is 1.00. The predicted octanol–water partition coefficient (Wildman–Crippen LogP) is 1.85. The summed E-state index contributed by atoms with van der Waals surface area (Å²) in [5, 5.41) is 0. The van der Waals surface area contributed by atoms with Crippen molar-refractivity contribution in [3.8, 4) is 0 Å². The van der Waals surface area contributed by atoms with Crippen LogP contribution in [0.3, 0.4) is 0 Å². The quantitative estimate of drug-likeness (QED) is 0.519. The van der Waals surface area contributed by atoms with Gasteiger partial charge in [0.15, 0.2) is 0 Å². The van der Waals surface area contributed by atoms with E-state index in [9.17, 15) is 4.21 Å². The third-order valence-corrected chi connectivity index (χ3v) is 4.17. The van der Waals surface area contributed by atoms with Crippen LogP contribution < -0.4 is 0 Å². The van der Waals surface area contributed by atoms with E-state index < -0.39 is 10.8 Å². The van der Waals surface area contributed by atoms with E-state index in [-0.39, 0.29) is 0 Å². The van der Waals surface area contributed by atoms with Crippen molar-refractivity contribution in [1.82, 2.24) is 4.90 Å². The van der Waals surface area contributed by atoms with Crippen LogP contribution in [0.15, 0.2) is 0 Å². The minimum Gasteiger partial charge on any atom is -0.302 e. The Bertz CT molecular complexity index is 168. The molecular weight excluding hydrogens is 218 g/mol. The van der Waals surface area contributed by atoms with Gasteiger partial charge in [0.2, 0.25) is 0 Å². The van der Waals surface area contributed by atoms with Gasteiger partial charge in [0.05, 0.1) is 0 Å². The molecule has 0 amide bonds. The summed E-state index contributed by atoms with van der Waals surface area (Å²) in [5.41, 5.74) is 0. The minimum atomic E-state index is -0.530. The van der Waals surface area contributed by atoms with E-state index in [1.165, 1.54) is 25.8 Å². The van der Waals surface area contributed by atoms with Gasteiger partial charge < -0.3 is 4.90 Å². The molecule has 84 valence electrons. The number of halogens is 1. The maximum Gasteiger partial charge on any atom is 0.0363 e. The molecule has 4 heteroatoms. The van der Waals surface area contributed by atoms with Crippen LogP contribution in [0.4, 0.5) is 0 Å². The second-order valence-corrected chi connectivity index (χ2v) is 5.87. The third kappa shape index (κ3) is 5.32. The van der Waals surface area contributed by atoms with Crippen LogP contribution in [0.25, 0.3) is 0 Å². The summed E-state index contributed by atoms with van der Waals surface area (Å²) in [6.07, 6.45) is 4.95.